The van der Waals surface area contributed by atoms with Crippen LogP contribution in [0.25, 0.3) is 0 Å². The SMILES string of the molecule is CCS(=O)(=O)N1C[C@@H](C(=O)N[C@@H](C)c2ccc(C)cc2)Oc2ccccc21. The Bertz CT molecular complexity index is 925. The third kappa shape index (κ3) is 4.08. The van der Waals surface area contributed by atoms with Gasteiger partial charge in [-0.15, -0.1) is 0 Å². The molecule has 0 saturated carbocycles. The van der Waals surface area contributed by atoms with Gasteiger partial charge in [-0.3, -0.25) is 9.10 Å². The molecule has 0 unspecified atom stereocenters. The van der Waals surface area contributed by atoms with Crippen molar-refractivity contribution >= 4 is 21.6 Å². The van der Waals surface area contributed by atoms with Gasteiger partial charge >= 0.3 is 0 Å². The lowest BCUT2D eigenvalue weighted by Crippen LogP contribution is -2.51. The van der Waals surface area contributed by atoms with Crippen LogP contribution in [0.5, 0.6) is 5.75 Å². The number of nitrogens with zero attached hydrogens (tertiary/aromatic N) is 1. The highest BCUT2D eigenvalue weighted by atomic mass is 32.2. The minimum Gasteiger partial charge on any atom is -0.476 e. The number of hydrogen-bond acceptors (Lipinski definition) is 4. The molecule has 3 rings (SSSR count). The van der Waals surface area contributed by atoms with E-state index in [-0.39, 0.29) is 24.2 Å². The number of ether oxygens (including phenoxy) is 1. The molecule has 1 aliphatic rings. The van der Waals surface area contributed by atoms with E-state index in [4.69, 9.17) is 4.74 Å². The number of nitrogens with one attached hydrogen (secondary N) is 1. The van der Waals surface area contributed by atoms with Crippen LogP contribution in [0.2, 0.25) is 0 Å². The fraction of sp³-hybridized carbons (Fsp3) is 0.350. The zero-order valence-electron chi connectivity index (χ0n) is 15.7. The Hall–Kier alpha value is -2.54. The molecule has 144 valence electrons. The van der Waals surface area contributed by atoms with Gasteiger partial charge < -0.3 is 10.1 Å². The summed E-state index contributed by atoms with van der Waals surface area (Å²) < 4.78 is 32.1. The Morgan fingerprint density at radius 1 is 1.22 bits per heavy atom. The second kappa shape index (κ2) is 7.60. The third-order valence-electron chi connectivity index (χ3n) is 4.66. The first-order valence-electron chi connectivity index (χ1n) is 8.95. The normalized spacial score (nSPS) is 17.6. The number of sulfonamides is 1. The van der Waals surface area contributed by atoms with E-state index in [1.54, 1.807) is 31.2 Å². The van der Waals surface area contributed by atoms with Crippen molar-refractivity contribution in [1.29, 1.82) is 0 Å². The number of rotatable bonds is 5. The lowest BCUT2D eigenvalue weighted by Gasteiger charge is -2.35. The molecule has 1 heterocycles. The number of carbonyl (C=O) groups excluding carboxylic acids is 1. The van der Waals surface area contributed by atoms with Crippen LogP contribution in [0.15, 0.2) is 48.5 Å². The number of anilines is 1. The summed E-state index contributed by atoms with van der Waals surface area (Å²) in [5.74, 6) is 0.00733. The van der Waals surface area contributed by atoms with E-state index < -0.39 is 16.1 Å². The Balaban J connectivity index is 1.80. The van der Waals surface area contributed by atoms with E-state index >= 15 is 0 Å². The molecular weight excluding hydrogens is 364 g/mol. The molecule has 0 radical (unpaired) electrons. The van der Waals surface area contributed by atoms with Gasteiger partial charge in [0, 0.05) is 0 Å². The van der Waals surface area contributed by atoms with Crippen molar-refractivity contribution in [2.45, 2.75) is 32.9 Å². The predicted molar refractivity (Wildman–Crippen MR) is 105 cm³/mol. The van der Waals surface area contributed by atoms with E-state index in [0.29, 0.717) is 11.4 Å². The molecule has 2 aromatic carbocycles. The minimum atomic E-state index is -3.51. The maximum atomic E-state index is 12.8. The second-order valence-corrected chi connectivity index (χ2v) is 8.83. The molecule has 0 aromatic heterocycles. The molecular formula is C20H24N2O4S. The van der Waals surface area contributed by atoms with Crippen molar-refractivity contribution in [3.8, 4) is 5.75 Å². The van der Waals surface area contributed by atoms with E-state index in [2.05, 4.69) is 5.32 Å². The number of aryl methyl sites for hydroxylation is 1. The Morgan fingerprint density at radius 2 is 1.89 bits per heavy atom. The fourth-order valence-corrected chi connectivity index (χ4v) is 4.13. The van der Waals surface area contributed by atoms with Crippen molar-refractivity contribution < 1.29 is 17.9 Å². The molecule has 2 atom stereocenters. The highest BCUT2D eigenvalue weighted by Gasteiger charge is 2.36. The molecule has 0 aliphatic carbocycles. The second-order valence-electron chi connectivity index (χ2n) is 6.65. The summed E-state index contributed by atoms with van der Waals surface area (Å²) in [6.07, 6.45) is -0.908. The van der Waals surface area contributed by atoms with Crippen LogP contribution in [-0.2, 0) is 14.8 Å². The molecule has 0 saturated heterocycles. The van der Waals surface area contributed by atoms with E-state index in [0.717, 1.165) is 11.1 Å². The molecule has 2 aromatic rings. The average Bonchev–Trinajstić information content (AvgIpc) is 2.67. The highest BCUT2D eigenvalue weighted by molar-refractivity contribution is 7.92. The predicted octanol–water partition coefficient (Wildman–Crippen LogP) is 2.79. The van der Waals surface area contributed by atoms with Gasteiger partial charge in [0.2, 0.25) is 10.0 Å². The van der Waals surface area contributed by atoms with Gasteiger partial charge in [0.25, 0.3) is 5.91 Å². The van der Waals surface area contributed by atoms with E-state index in [9.17, 15) is 13.2 Å². The minimum absolute atomic E-state index is 0.0420. The number of fused-ring (bicyclic) bond motifs is 1. The van der Waals surface area contributed by atoms with Gasteiger partial charge in [-0.2, -0.15) is 0 Å². The summed E-state index contributed by atoms with van der Waals surface area (Å²) in [7, 11) is -3.51. The number of benzene rings is 2. The zero-order valence-corrected chi connectivity index (χ0v) is 16.5. The molecule has 6 nitrogen and oxygen atoms in total. The molecule has 27 heavy (non-hydrogen) atoms. The van der Waals surface area contributed by atoms with E-state index in [1.165, 1.54) is 4.31 Å². The van der Waals surface area contributed by atoms with Crippen LogP contribution in [0, 0.1) is 6.92 Å². The number of hydrogen-bond donors (Lipinski definition) is 1. The number of amides is 1. The largest absolute Gasteiger partial charge is 0.476 e. The summed E-state index contributed by atoms with van der Waals surface area (Å²) in [5, 5.41) is 2.92. The molecule has 0 spiro atoms. The standard InChI is InChI=1S/C20H24N2O4S/c1-4-27(24,25)22-13-19(26-18-8-6-5-7-17(18)22)20(23)21-15(3)16-11-9-14(2)10-12-16/h5-12,15,19H,4,13H2,1-3H3,(H,21,23)/t15-,19-/m0/s1. The molecule has 1 aliphatic heterocycles. The highest BCUT2D eigenvalue weighted by Crippen LogP contribution is 2.35. The van der Waals surface area contributed by atoms with Crippen LogP contribution >= 0.6 is 0 Å². The Labute approximate surface area is 160 Å². The molecule has 7 heteroatoms. The van der Waals surface area contributed by atoms with Crippen LogP contribution in [-0.4, -0.2) is 32.7 Å². The van der Waals surface area contributed by atoms with Gasteiger partial charge in [-0.05, 0) is 38.5 Å². The topological polar surface area (TPSA) is 75.7 Å². The Morgan fingerprint density at radius 3 is 2.56 bits per heavy atom. The maximum absolute atomic E-state index is 12.8. The first-order chi connectivity index (χ1) is 12.8. The molecule has 1 amide bonds. The average molecular weight is 388 g/mol. The number of carbonyl (C=O) groups is 1. The molecule has 1 N–H and O–H groups in total. The van der Waals surface area contributed by atoms with Crippen molar-refractivity contribution in [2.75, 3.05) is 16.6 Å². The lowest BCUT2D eigenvalue weighted by atomic mass is 10.1. The fourth-order valence-electron chi connectivity index (χ4n) is 3.00. The van der Waals surface area contributed by atoms with Crippen LogP contribution in [0.4, 0.5) is 5.69 Å². The lowest BCUT2D eigenvalue weighted by molar-refractivity contribution is -0.128. The van der Waals surface area contributed by atoms with Crippen molar-refractivity contribution in [1.82, 2.24) is 5.32 Å². The summed E-state index contributed by atoms with van der Waals surface area (Å²) in [6.45, 7) is 5.44. The third-order valence-corrected chi connectivity index (χ3v) is 6.41. The van der Waals surface area contributed by atoms with Gasteiger partial charge in [-0.25, -0.2) is 8.42 Å². The zero-order chi connectivity index (χ0) is 19.6. The van der Waals surface area contributed by atoms with E-state index in [1.807, 2.05) is 38.1 Å². The van der Waals surface area contributed by atoms with Crippen molar-refractivity contribution in [3.63, 3.8) is 0 Å². The summed E-state index contributed by atoms with van der Waals surface area (Å²) >= 11 is 0. The van der Waals surface area contributed by atoms with Gasteiger partial charge in [0.1, 0.15) is 5.75 Å². The smallest absolute Gasteiger partial charge is 0.263 e. The Kier molecular flexibility index (Phi) is 5.41. The maximum Gasteiger partial charge on any atom is 0.263 e. The van der Waals surface area contributed by atoms with Crippen molar-refractivity contribution in [2.24, 2.45) is 0 Å². The van der Waals surface area contributed by atoms with Crippen LogP contribution < -0.4 is 14.4 Å². The number of para-hydroxylation sites is 2. The quantitative estimate of drug-likeness (QED) is 0.855. The van der Waals surface area contributed by atoms with Crippen LogP contribution in [0.1, 0.15) is 31.0 Å². The van der Waals surface area contributed by atoms with Crippen molar-refractivity contribution in [3.05, 3.63) is 59.7 Å². The summed E-state index contributed by atoms with van der Waals surface area (Å²) in [5.41, 5.74) is 2.59. The van der Waals surface area contributed by atoms with Gasteiger partial charge in [0.15, 0.2) is 6.10 Å². The van der Waals surface area contributed by atoms with Gasteiger partial charge in [-0.1, -0.05) is 42.0 Å². The first kappa shape index (κ1) is 19.2. The monoisotopic (exact) mass is 388 g/mol. The van der Waals surface area contributed by atoms with Gasteiger partial charge in [0.05, 0.1) is 24.0 Å². The molecule has 0 fully saturated rings. The summed E-state index contributed by atoms with van der Waals surface area (Å²) in [4.78, 5) is 12.8. The first-order valence-corrected chi connectivity index (χ1v) is 10.6. The van der Waals surface area contributed by atoms with Crippen LogP contribution in [0.3, 0.4) is 0 Å². The molecule has 0 bridgehead atoms. The summed E-state index contributed by atoms with van der Waals surface area (Å²) in [6, 6.07) is 14.6.